The predicted octanol–water partition coefficient (Wildman–Crippen LogP) is 5.31. The van der Waals surface area contributed by atoms with E-state index in [9.17, 15) is 0 Å². The SMILES string of the molecule is CCCCc1ccc2nc(NCC)c(C(C)(C)C)cc2c1. The molecule has 0 radical (unpaired) electrons. The Hall–Kier alpha value is -1.57. The number of aryl methyl sites for hydroxylation is 1. The predicted molar refractivity (Wildman–Crippen MR) is 93.2 cm³/mol. The molecule has 0 amide bonds. The molecule has 0 spiro atoms. The van der Waals surface area contributed by atoms with Crippen LogP contribution in [0.15, 0.2) is 24.3 Å². The van der Waals surface area contributed by atoms with Gasteiger partial charge >= 0.3 is 0 Å². The molecule has 114 valence electrons. The minimum Gasteiger partial charge on any atom is -0.370 e. The van der Waals surface area contributed by atoms with Crippen molar-refractivity contribution in [3.63, 3.8) is 0 Å². The first-order valence-electron chi connectivity index (χ1n) is 8.13. The standard InChI is InChI=1S/C19H28N2/c1-6-8-9-14-10-11-17-15(12-14)13-16(19(3,4)5)18(21-17)20-7-2/h10-13H,6-9H2,1-5H3,(H,20,21). The zero-order chi connectivity index (χ0) is 15.5. The summed E-state index contributed by atoms with van der Waals surface area (Å²) in [5.41, 5.74) is 3.89. The summed E-state index contributed by atoms with van der Waals surface area (Å²) < 4.78 is 0. The van der Waals surface area contributed by atoms with Gasteiger partial charge in [-0.1, -0.05) is 40.2 Å². The van der Waals surface area contributed by atoms with E-state index in [4.69, 9.17) is 4.98 Å². The molecule has 0 atom stereocenters. The molecule has 1 N–H and O–H groups in total. The van der Waals surface area contributed by atoms with Crippen molar-refractivity contribution >= 4 is 16.7 Å². The Labute approximate surface area is 129 Å². The van der Waals surface area contributed by atoms with Gasteiger partial charge < -0.3 is 5.32 Å². The molecule has 2 nitrogen and oxygen atoms in total. The molecule has 1 heterocycles. The first-order chi connectivity index (χ1) is 9.95. The fraction of sp³-hybridized carbons (Fsp3) is 0.526. The number of hydrogen-bond donors (Lipinski definition) is 1. The Bertz CT molecular complexity index is 609. The minimum atomic E-state index is 0.0954. The first kappa shape index (κ1) is 15.8. The maximum atomic E-state index is 4.84. The van der Waals surface area contributed by atoms with Crippen molar-refractivity contribution in [3.8, 4) is 0 Å². The molecule has 2 heteroatoms. The van der Waals surface area contributed by atoms with E-state index in [1.54, 1.807) is 0 Å². The Balaban J connectivity index is 2.51. The molecule has 0 saturated heterocycles. The maximum Gasteiger partial charge on any atom is 0.130 e. The highest BCUT2D eigenvalue weighted by Crippen LogP contribution is 2.31. The van der Waals surface area contributed by atoms with Crippen LogP contribution < -0.4 is 5.32 Å². The summed E-state index contributed by atoms with van der Waals surface area (Å²) in [4.78, 5) is 4.84. The molecule has 0 aliphatic heterocycles. The summed E-state index contributed by atoms with van der Waals surface area (Å²) >= 11 is 0. The van der Waals surface area contributed by atoms with E-state index in [0.29, 0.717) is 0 Å². The van der Waals surface area contributed by atoms with Crippen molar-refractivity contribution in [2.24, 2.45) is 0 Å². The van der Waals surface area contributed by atoms with Crippen LogP contribution in [0, 0.1) is 0 Å². The lowest BCUT2D eigenvalue weighted by Crippen LogP contribution is -2.16. The summed E-state index contributed by atoms with van der Waals surface area (Å²) in [6, 6.07) is 9.00. The molecule has 0 aliphatic carbocycles. The fourth-order valence-corrected chi connectivity index (χ4v) is 2.64. The molecule has 1 aromatic heterocycles. The van der Waals surface area contributed by atoms with Crippen LogP contribution in [0.1, 0.15) is 58.6 Å². The van der Waals surface area contributed by atoms with Crippen molar-refractivity contribution in [1.82, 2.24) is 4.98 Å². The number of anilines is 1. The van der Waals surface area contributed by atoms with Crippen LogP contribution in [0.4, 0.5) is 5.82 Å². The van der Waals surface area contributed by atoms with Crippen LogP contribution in [0.2, 0.25) is 0 Å². The quantitative estimate of drug-likeness (QED) is 0.805. The van der Waals surface area contributed by atoms with E-state index in [1.165, 1.54) is 29.4 Å². The van der Waals surface area contributed by atoms with Crippen LogP contribution in [0.3, 0.4) is 0 Å². The van der Waals surface area contributed by atoms with E-state index in [2.05, 4.69) is 64.2 Å². The van der Waals surface area contributed by atoms with Crippen molar-refractivity contribution in [1.29, 1.82) is 0 Å². The first-order valence-corrected chi connectivity index (χ1v) is 8.13. The topological polar surface area (TPSA) is 24.9 Å². The number of aromatic nitrogens is 1. The maximum absolute atomic E-state index is 4.84. The molecule has 1 aromatic carbocycles. The lowest BCUT2D eigenvalue weighted by atomic mass is 9.86. The number of hydrogen-bond acceptors (Lipinski definition) is 2. The zero-order valence-corrected chi connectivity index (χ0v) is 14.1. The molecular formula is C19H28N2. The van der Waals surface area contributed by atoms with E-state index in [-0.39, 0.29) is 5.41 Å². The summed E-state index contributed by atoms with van der Waals surface area (Å²) in [6.07, 6.45) is 3.65. The highest BCUT2D eigenvalue weighted by molar-refractivity contribution is 5.83. The second kappa shape index (κ2) is 6.46. The molecule has 2 aromatic rings. The number of nitrogens with zero attached hydrogens (tertiary/aromatic N) is 1. The van der Waals surface area contributed by atoms with E-state index in [1.807, 2.05) is 0 Å². The van der Waals surface area contributed by atoms with Crippen molar-refractivity contribution in [3.05, 3.63) is 35.4 Å². The Morgan fingerprint density at radius 2 is 1.86 bits per heavy atom. The number of nitrogens with one attached hydrogen (secondary N) is 1. The van der Waals surface area contributed by atoms with E-state index < -0.39 is 0 Å². The molecule has 0 saturated carbocycles. The molecule has 21 heavy (non-hydrogen) atoms. The molecule has 0 unspecified atom stereocenters. The van der Waals surface area contributed by atoms with Crippen LogP contribution in [-0.2, 0) is 11.8 Å². The zero-order valence-electron chi connectivity index (χ0n) is 14.1. The number of unbranched alkanes of at least 4 members (excludes halogenated alkanes) is 1. The van der Waals surface area contributed by atoms with Gasteiger partial charge in [0.15, 0.2) is 0 Å². The van der Waals surface area contributed by atoms with Gasteiger partial charge in [-0.05, 0) is 48.9 Å². The smallest absolute Gasteiger partial charge is 0.130 e. The third-order valence-electron chi connectivity index (χ3n) is 3.85. The number of rotatable bonds is 5. The van der Waals surface area contributed by atoms with Crippen LogP contribution >= 0.6 is 0 Å². The average Bonchev–Trinajstić information content (AvgIpc) is 2.43. The van der Waals surface area contributed by atoms with Crippen molar-refractivity contribution < 1.29 is 0 Å². The molecule has 0 fully saturated rings. The van der Waals surface area contributed by atoms with Crippen LogP contribution in [0.5, 0.6) is 0 Å². The Morgan fingerprint density at radius 3 is 2.48 bits per heavy atom. The molecule has 2 rings (SSSR count). The summed E-state index contributed by atoms with van der Waals surface area (Å²) in [5, 5.41) is 4.67. The molecule has 0 bridgehead atoms. The highest BCUT2D eigenvalue weighted by Gasteiger charge is 2.19. The third-order valence-corrected chi connectivity index (χ3v) is 3.85. The lowest BCUT2D eigenvalue weighted by molar-refractivity contribution is 0.590. The van der Waals surface area contributed by atoms with Gasteiger partial charge in [0.2, 0.25) is 0 Å². The van der Waals surface area contributed by atoms with Crippen molar-refractivity contribution in [2.75, 3.05) is 11.9 Å². The number of pyridine rings is 1. The van der Waals surface area contributed by atoms with E-state index in [0.717, 1.165) is 24.3 Å². The number of fused-ring (bicyclic) bond motifs is 1. The van der Waals surface area contributed by atoms with Gasteiger partial charge in [-0.15, -0.1) is 0 Å². The molecule has 0 aliphatic rings. The Kier molecular flexibility index (Phi) is 4.87. The third kappa shape index (κ3) is 3.75. The summed E-state index contributed by atoms with van der Waals surface area (Å²) in [7, 11) is 0. The normalized spacial score (nSPS) is 11.9. The minimum absolute atomic E-state index is 0.0954. The van der Waals surface area contributed by atoms with Crippen LogP contribution in [-0.4, -0.2) is 11.5 Å². The van der Waals surface area contributed by atoms with Gasteiger partial charge in [-0.25, -0.2) is 4.98 Å². The van der Waals surface area contributed by atoms with Gasteiger partial charge in [0.25, 0.3) is 0 Å². The fourth-order valence-electron chi connectivity index (χ4n) is 2.64. The van der Waals surface area contributed by atoms with Gasteiger partial charge in [0.1, 0.15) is 5.82 Å². The lowest BCUT2D eigenvalue weighted by Gasteiger charge is -2.23. The van der Waals surface area contributed by atoms with Gasteiger partial charge in [0, 0.05) is 17.5 Å². The highest BCUT2D eigenvalue weighted by atomic mass is 15.0. The second-order valence-corrected chi connectivity index (χ2v) is 6.80. The monoisotopic (exact) mass is 284 g/mol. The van der Waals surface area contributed by atoms with Gasteiger partial charge in [0.05, 0.1) is 5.52 Å². The van der Waals surface area contributed by atoms with Gasteiger partial charge in [-0.3, -0.25) is 0 Å². The van der Waals surface area contributed by atoms with Crippen LogP contribution in [0.25, 0.3) is 10.9 Å². The van der Waals surface area contributed by atoms with Crippen molar-refractivity contribution in [2.45, 2.75) is 59.3 Å². The largest absolute Gasteiger partial charge is 0.370 e. The summed E-state index contributed by atoms with van der Waals surface area (Å²) in [5.74, 6) is 1.03. The number of benzene rings is 1. The Morgan fingerprint density at radius 1 is 1.10 bits per heavy atom. The summed E-state index contributed by atoms with van der Waals surface area (Å²) in [6.45, 7) is 12.0. The van der Waals surface area contributed by atoms with Gasteiger partial charge in [-0.2, -0.15) is 0 Å². The average molecular weight is 284 g/mol. The second-order valence-electron chi connectivity index (χ2n) is 6.80. The molecular weight excluding hydrogens is 256 g/mol. The van der Waals surface area contributed by atoms with E-state index >= 15 is 0 Å².